The van der Waals surface area contributed by atoms with E-state index in [1.165, 1.54) is 11.3 Å². The standard InChI is InChI=1S/C16H18N6OS/c1-5-13-18-20-16(24-13)17-15(23)14-11(4)22(21-19-14)12-7-9(2)6-10(3)8-12/h6-8H,5H2,1-4H3,(H,17,20,23). The second-order valence-electron chi connectivity index (χ2n) is 5.59. The number of aryl methyl sites for hydroxylation is 3. The molecule has 3 rings (SSSR count). The summed E-state index contributed by atoms with van der Waals surface area (Å²) < 4.78 is 1.67. The molecule has 0 atom stereocenters. The molecule has 0 radical (unpaired) electrons. The summed E-state index contributed by atoms with van der Waals surface area (Å²) >= 11 is 1.36. The lowest BCUT2D eigenvalue weighted by Gasteiger charge is -2.06. The molecule has 24 heavy (non-hydrogen) atoms. The van der Waals surface area contributed by atoms with Crippen molar-refractivity contribution in [3.8, 4) is 5.69 Å². The Morgan fingerprint density at radius 2 is 1.83 bits per heavy atom. The van der Waals surface area contributed by atoms with Crippen molar-refractivity contribution in [2.75, 3.05) is 5.32 Å². The Balaban J connectivity index is 1.87. The van der Waals surface area contributed by atoms with Gasteiger partial charge in [-0.05, 0) is 50.5 Å². The molecule has 0 fully saturated rings. The van der Waals surface area contributed by atoms with Crippen LogP contribution >= 0.6 is 11.3 Å². The van der Waals surface area contributed by atoms with Gasteiger partial charge in [0.1, 0.15) is 5.01 Å². The van der Waals surface area contributed by atoms with Gasteiger partial charge in [0, 0.05) is 0 Å². The molecular formula is C16H18N6OS. The average Bonchev–Trinajstić information content (AvgIpc) is 3.12. The minimum Gasteiger partial charge on any atom is -0.295 e. The van der Waals surface area contributed by atoms with E-state index in [0.717, 1.165) is 28.2 Å². The van der Waals surface area contributed by atoms with Gasteiger partial charge in [-0.2, -0.15) is 0 Å². The first kappa shape index (κ1) is 16.3. The number of aromatic nitrogens is 5. The molecule has 0 saturated heterocycles. The van der Waals surface area contributed by atoms with E-state index in [0.29, 0.717) is 10.8 Å². The zero-order chi connectivity index (χ0) is 17.3. The van der Waals surface area contributed by atoms with Crippen molar-refractivity contribution >= 4 is 22.4 Å². The number of nitrogens with zero attached hydrogens (tertiary/aromatic N) is 5. The van der Waals surface area contributed by atoms with Crippen LogP contribution in [0.4, 0.5) is 5.13 Å². The van der Waals surface area contributed by atoms with E-state index >= 15 is 0 Å². The number of carbonyl (C=O) groups is 1. The Bertz CT molecular complexity index is 878. The lowest BCUT2D eigenvalue weighted by molar-refractivity contribution is 0.102. The number of amides is 1. The molecule has 0 aliphatic heterocycles. The summed E-state index contributed by atoms with van der Waals surface area (Å²) in [5.74, 6) is -0.332. The summed E-state index contributed by atoms with van der Waals surface area (Å²) in [7, 11) is 0. The predicted molar refractivity (Wildman–Crippen MR) is 92.8 cm³/mol. The Morgan fingerprint density at radius 1 is 1.12 bits per heavy atom. The molecule has 7 nitrogen and oxygen atoms in total. The fourth-order valence-corrected chi connectivity index (χ4v) is 3.13. The summed E-state index contributed by atoms with van der Waals surface area (Å²) in [5.41, 5.74) is 4.11. The molecule has 1 aromatic carbocycles. The lowest BCUT2D eigenvalue weighted by atomic mass is 10.1. The highest BCUT2D eigenvalue weighted by atomic mass is 32.1. The molecule has 0 saturated carbocycles. The van der Waals surface area contributed by atoms with Gasteiger partial charge in [0.25, 0.3) is 5.91 Å². The highest BCUT2D eigenvalue weighted by Crippen LogP contribution is 2.19. The fourth-order valence-electron chi connectivity index (χ4n) is 2.46. The number of anilines is 1. The molecule has 2 heterocycles. The van der Waals surface area contributed by atoms with Crippen molar-refractivity contribution in [3.05, 3.63) is 45.7 Å². The zero-order valence-corrected chi connectivity index (χ0v) is 14.8. The Morgan fingerprint density at radius 3 is 2.46 bits per heavy atom. The number of carbonyl (C=O) groups excluding carboxylic acids is 1. The van der Waals surface area contributed by atoms with E-state index in [9.17, 15) is 4.79 Å². The average molecular weight is 342 g/mol. The van der Waals surface area contributed by atoms with Crippen LogP contribution in [-0.4, -0.2) is 31.1 Å². The normalized spacial score (nSPS) is 10.8. The molecule has 3 aromatic rings. The first-order valence-electron chi connectivity index (χ1n) is 7.62. The monoisotopic (exact) mass is 342 g/mol. The highest BCUT2D eigenvalue weighted by molar-refractivity contribution is 7.15. The van der Waals surface area contributed by atoms with Crippen LogP contribution in [0.25, 0.3) is 5.69 Å². The van der Waals surface area contributed by atoms with Gasteiger partial charge >= 0.3 is 0 Å². The molecule has 1 N–H and O–H groups in total. The van der Waals surface area contributed by atoms with Crippen LogP contribution in [0, 0.1) is 20.8 Å². The zero-order valence-electron chi connectivity index (χ0n) is 14.0. The molecule has 8 heteroatoms. The van der Waals surface area contributed by atoms with Gasteiger partial charge in [0.05, 0.1) is 11.4 Å². The van der Waals surface area contributed by atoms with Gasteiger partial charge in [0.15, 0.2) is 5.69 Å². The predicted octanol–water partition coefficient (Wildman–Crippen LogP) is 2.86. The largest absolute Gasteiger partial charge is 0.295 e. The lowest BCUT2D eigenvalue weighted by Crippen LogP contribution is -2.14. The van der Waals surface area contributed by atoms with Crippen LogP contribution in [0.2, 0.25) is 0 Å². The van der Waals surface area contributed by atoms with E-state index in [-0.39, 0.29) is 11.6 Å². The SMILES string of the molecule is CCc1nnc(NC(=O)c2nnn(-c3cc(C)cc(C)c3)c2C)s1. The molecule has 0 aliphatic carbocycles. The first-order valence-corrected chi connectivity index (χ1v) is 8.44. The topological polar surface area (TPSA) is 85.6 Å². The van der Waals surface area contributed by atoms with E-state index in [1.807, 2.05) is 39.8 Å². The smallest absolute Gasteiger partial charge is 0.279 e. The van der Waals surface area contributed by atoms with E-state index in [4.69, 9.17) is 0 Å². The maximum Gasteiger partial charge on any atom is 0.279 e. The van der Waals surface area contributed by atoms with Crippen molar-refractivity contribution in [3.63, 3.8) is 0 Å². The first-order chi connectivity index (χ1) is 11.5. The molecule has 0 aliphatic rings. The quantitative estimate of drug-likeness (QED) is 0.788. The maximum atomic E-state index is 12.4. The fraction of sp³-hybridized carbons (Fsp3) is 0.312. The van der Waals surface area contributed by atoms with Gasteiger partial charge in [-0.15, -0.1) is 15.3 Å². The molecule has 1 amide bonds. The van der Waals surface area contributed by atoms with Crippen LogP contribution in [0.3, 0.4) is 0 Å². The molecule has 0 bridgehead atoms. The summed E-state index contributed by atoms with van der Waals surface area (Å²) in [6.07, 6.45) is 0.787. The van der Waals surface area contributed by atoms with Crippen LogP contribution < -0.4 is 5.32 Å². The van der Waals surface area contributed by atoms with Gasteiger partial charge in [-0.1, -0.05) is 29.5 Å². The Kier molecular flexibility index (Phi) is 4.39. The third kappa shape index (κ3) is 3.18. The van der Waals surface area contributed by atoms with Gasteiger partial charge in [0.2, 0.25) is 5.13 Å². The minimum absolute atomic E-state index is 0.280. The van der Waals surface area contributed by atoms with E-state index in [2.05, 4.69) is 31.9 Å². The number of nitrogens with one attached hydrogen (secondary N) is 1. The maximum absolute atomic E-state index is 12.4. The van der Waals surface area contributed by atoms with Gasteiger partial charge in [-0.25, -0.2) is 4.68 Å². The number of hydrogen-bond acceptors (Lipinski definition) is 6. The van der Waals surface area contributed by atoms with E-state index in [1.54, 1.807) is 4.68 Å². The van der Waals surface area contributed by atoms with Crippen molar-refractivity contribution < 1.29 is 4.79 Å². The Hall–Kier alpha value is -2.61. The highest BCUT2D eigenvalue weighted by Gasteiger charge is 2.19. The third-order valence-electron chi connectivity index (χ3n) is 3.55. The second-order valence-corrected chi connectivity index (χ2v) is 6.65. The minimum atomic E-state index is -0.332. The molecule has 2 aromatic heterocycles. The van der Waals surface area contributed by atoms with Gasteiger partial charge < -0.3 is 0 Å². The molecule has 124 valence electrons. The van der Waals surface area contributed by atoms with Crippen molar-refractivity contribution in [1.29, 1.82) is 0 Å². The summed E-state index contributed by atoms with van der Waals surface area (Å²) in [4.78, 5) is 12.4. The molecular weight excluding hydrogens is 324 g/mol. The van der Waals surface area contributed by atoms with Crippen molar-refractivity contribution in [1.82, 2.24) is 25.2 Å². The summed E-state index contributed by atoms with van der Waals surface area (Å²) in [6.45, 7) is 7.87. The van der Waals surface area contributed by atoms with E-state index < -0.39 is 0 Å². The van der Waals surface area contributed by atoms with Crippen LogP contribution in [0.15, 0.2) is 18.2 Å². The van der Waals surface area contributed by atoms with Crippen molar-refractivity contribution in [2.45, 2.75) is 34.1 Å². The molecule has 0 unspecified atom stereocenters. The van der Waals surface area contributed by atoms with Crippen LogP contribution in [-0.2, 0) is 6.42 Å². The second kappa shape index (κ2) is 6.48. The number of benzene rings is 1. The summed E-state index contributed by atoms with van der Waals surface area (Å²) in [5, 5.41) is 20.2. The summed E-state index contributed by atoms with van der Waals surface area (Å²) in [6, 6.07) is 6.10. The van der Waals surface area contributed by atoms with Crippen LogP contribution in [0.1, 0.15) is 39.2 Å². The third-order valence-corrected chi connectivity index (χ3v) is 4.53. The van der Waals surface area contributed by atoms with Crippen LogP contribution in [0.5, 0.6) is 0 Å². The Labute approximate surface area is 143 Å². The number of hydrogen-bond donors (Lipinski definition) is 1. The molecule has 0 spiro atoms. The van der Waals surface area contributed by atoms with Gasteiger partial charge in [-0.3, -0.25) is 10.1 Å². The van der Waals surface area contributed by atoms with Crippen molar-refractivity contribution in [2.24, 2.45) is 0 Å². The number of rotatable bonds is 4.